The second kappa shape index (κ2) is 6.35. The predicted molar refractivity (Wildman–Crippen MR) is 79.3 cm³/mol. The molecule has 3 aromatic rings. The van der Waals surface area contributed by atoms with Crippen LogP contribution in [-0.2, 0) is 11.2 Å². The highest BCUT2D eigenvalue weighted by atomic mass is 32.2. The van der Waals surface area contributed by atoms with Crippen LogP contribution < -0.4 is 0 Å². The number of aromatic nitrogens is 5. The van der Waals surface area contributed by atoms with Crippen molar-refractivity contribution in [2.45, 2.75) is 11.3 Å². The van der Waals surface area contributed by atoms with Crippen LogP contribution in [0.25, 0.3) is 0 Å². The van der Waals surface area contributed by atoms with Gasteiger partial charge in [0.05, 0.1) is 0 Å². The van der Waals surface area contributed by atoms with Crippen LogP contribution >= 0.6 is 11.9 Å². The molecule has 0 fully saturated rings. The fourth-order valence-corrected chi connectivity index (χ4v) is 2.66. The van der Waals surface area contributed by atoms with E-state index in [1.54, 1.807) is 6.07 Å². The van der Waals surface area contributed by atoms with Crippen LogP contribution in [-0.4, -0.2) is 36.2 Å². The topological polar surface area (TPSA) is 93.5 Å². The van der Waals surface area contributed by atoms with E-state index >= 15 is 0 Å². The van der Waals surface area contributed by atoms with E-state index in [0.717, 1.165) is 10.5 Å². The van der Waals surface area contributed by atoms with Crippen molar-refractivity contribution in [3.8, 4) is 0 Å². The molecule has 0 aliphatic rings. The zero-order valence-corrected chi connectivity index (χ0v) is 12.2. The average Bonchev–Trinajstić information content (AvgIpc) is 3.19. The molecule has 0 radical (unpaired) electrons. The van der Waals surface area contributed by atoms with Crippen molar-refractivity contribution in [1.82, 2.24) is 24.6 Å². The number of aromatic amines is 1. The maximum absolute atomic E-state index is 11.9. The Bertz CT molecular complexity index is 783. The minimum Gasteiger partial charge on any atom is -0.295 e. The summed E-state index contributed by atoms with van der Waals surface area (Å²) in [6.07, 6.45) is 3.67. The summed E-state index contributed by atoms with van der Waals surface area (Å²) in [6, 6.07) is 11.7. The van der Waals surface area contributed by atoms with Crippen LogP contribution in [0.3, 0.4) is 0 Å². The average molecular weight is 313 g/mol. The highest BCUT2D eigenvalue weighted by Gasteiger charge is 2.21. The van der Waals surface area contributed by atoms with Crippen molar-refractivity contribution >= 4 is 23.5 Å². The molecule has 7 nitrogen and oxygen atoms in total. The molecule has 110 valence electrons. The van der Waals surface area contributed by atoms with E-state index in [1.807, 2.05) is 46.7 Å². The number of hydrogen-bond acceptors (Lipinski definition) is 6. The Morgan fingerprint density at radius 1 is 1.18 bits per heavy atom. The zero-order valence-electron chi connectivity index (χ0n) is 11.3. The molecule has 1 N–H and O–H groups in total. The third-order valence-electron chi connectivity index (χ3n) is 2.85. The normalized spacial score (nSPS) is 10.5. The van der Waals surface area contributed by atoms with E-state index in [4.69, 9.17) is 0 Å². The van der Waals surface area contributed by atoms with E-state index in [0.29, 0.717) is 0 Å². The van der Waals surface area contributed by atoms with Crippen molar-refractivity contribution in [1.29, 1.82) is 0 Å². The Kier molecular flexibility index (Phi) is 4.10. The van der Waals surface area contributed by atoms with E-state index in [2.05, 4.69) is 20.6 Å². The van der Waals surface area contributed by atoms with Crippen LogP contribution in [0, 0.1) is 0 Å². The number of nitrogens with zero attached hydrogens (tertiary/aromatic N) is 4. The third kappa shape index (κ3) is 3.29. The van der Waals surface area contributed by atoms with Gasteiger partial charge in [-0.3, -0.25) is 13.6 Å². The van der Waals surface area contributed by atoms with Crippen molar-refractivity contribution in [2.75, 3.05) is 0 Å². The Hall–Kier alpha value is -2.74. The number of rotatable bonds is 6. The maximum atomic E-state index is 11.9. The Labute approximate surface area is 129 Å². The van der Waals surface area contributed by atoms with E-state index in [1.165, 1.54) is 11.9 Å². The molecule has 0 unspecified atom stereocenters. The first kappa shape index (κ1) is 14.2. The predicted octanol–water partition coefficient (Wildman–Crippen LogP) is 1.55. The monoisotopic (exact) mass is 313 g/mol. The summed E-state index contributed by atoms with van der Waals surface area (Å²) < 4.78 is 1.89. The maximum Gasteiger partial charge on any atom is 0.269 e. The molecule has 0 saturated carbocycles. The third-order valence-corrected chi connectivity index (χ3v) is 3.77. The number of benzene rings is 1. The lowest BCUT2D eigenvalue weighted by molar-refractivity contribution is -0.114. The van der Waals surface area contributed by atoms with Crippen molar-refractivity contribution in [3.05, 3.63) is 60.2 Å². The Morgan fingerprint density at radius 2 is 2.00 bits per heavy atom. The fraction of sp³-hybridized carbons (Fsp3) is 0.0714. The molecule has 1 aromatic carbocycles. The van der Waals surface area contributed by atoms with Gasteiger partial charge in [-0.2, -0.15) is 5.21 Å². The van der Waals surface area contributed by atoms with Gasteiger partial charge >= 0.3 is 0 Å². The second-order valence-electron chi connectivity index (χ2n) is 4.45. The summed E-state index contributed by atoms with van der Waals surface area (Å²) in [5.74, 6) is -1.51. The number of carbonyl (C=O) groups excluding carboxylic acids is 2. The zero-order chi connectivity index (χ0) is 15.4. The van der Waals surface area contributed by atoms with E-state index in [-0.39, 0.29) is 12.2 Å². The summed E-state index contributed by atoms with van der Waals surface area (Å²) in [6.45, 7) is 0. The molecular weight excluding hydrogens is 302 g/mol. The lowest BCUT2D eigenvalue weighted by Gasteiger charge is -2.00. The van der Waals surface area contributed by atoms with Gasteiger partial charge in [0.15, 0.2) is 0 Å². The number of Topliss-reactive ketones (excluding diaryl/α,β-unsaturated/α-hetero) is 2. The highest BCUT2D eigenvalue weighted by molar-refractivity contribution is 7.97. The summed E-state index contributed by atoms with van der Waals surface area (Å²) in [5.41, 5.74) is 0.755. The van der Waals surface area contributed by atoms with Gasteiger partial charge in [-0.1, -0.05) is 18.2 Å². The minimum atomic E-state index is -0.739. The molecule has 0 aliphatic heterocycles. The second-order valence-corrected chi connectivity index (χ2v) is 5.52. The summed E-state index contributed by atoms with van der Waals surface area (Å²) in [4.78, 5) is 24.7. The molecule has 0 amide bonds. The van der Waals surface area contributed by atoms with E-state index < -0.39 is 11.6 Å². The molecule has 0 bridgehead atoms. The van der Waals surface area contributed by atoms with Crippen LogP contribution in [0.1, 0.15) is 16.2 Å². The number of carbonyl (C=O) groups is 2. The van der Waals surface area contributed by atoms with Gasteiger partial charge in [0, 0.05) is 23.7 Å². The van der Waals surface area contributed by atoms with Gasteiger partial charge in [-0.05, 0) is 40.9 Å². The van der Waals surface area contributed by atoms with E-state index in [9.17, 15) is 9.59 Å². The molecule has 0 aliphatic carbocycles. The smallest absolute Gasteiger partial charge is 0.269 e. The molecule has 0 spiro atoms. The van der Waals surface area contributed by atoms with Crippen LogP contribution in [0.15, 0.2) is 53.7 Å². The van der Waals surface area contributed by atoms with Crippen molar-refractivity contribution in [2.24, 2.45) is 0 Å². The largest absolute Gasteiger partial charge is 0.295 e. The van der Waals surface area contributed by atoms with Gasteiger partial charge in [0.25, 0.3) is 5.78 Å². The number of ketones is 2. The van der Waals surface area contributed by atoms with Gasteiger partial charge in [-0.15, -0.1) is 10.2 Å². The fourth-order valence-electron chi connectivity index (χ4n) is 1.83. The van der Waals surface area contributed by atoms with Crippen molar-refractivity contribution in [3.63, 3.8) is 0 Å². The van der Waals surface area contributed by atoms with Gasteiger partial charge < -0.3 is 0 Å². The molecule has 22 heavy (non-hydrogen) atoms. The minimum absolute atomic E-state index is 0.00965. The number of H-pyrrole nitrogens is 1. The molecule has 2 heterocycles. The lowest BCUT2D eigenvalue weighted by atomic mass is 10.1. The molecule has 3 rings (SSSR count). The van der Waals surface area contributed by atoms with Crippen LogP contribution in [0.2, 0.25) is 0 Å². The molecule has 8 heteroatoms. The number of nitrogens with one attached hydrogen (secondary N) is 1. The molecule has 0 saturated heterocycles. The Balaban J connectivity index is 1.64. The first-order valence-corrected chi connectivity index (χ1v) is 7.21. The Morgan fingerprint density at radius 3 is 2.73 bits per heavy atom. The SMILES string of the molecule is O=C(Cc1ccn(Sc2ccccc2)c1)C(=O)c1nn[nH]n1. The van der Waals surface area contributed by atoms with Gasteiger partial charge in [0.1, 0.15) is 0 Å². The standard InChI is InChI=1S/C14H11N5O2S/c20-12(13(21)14-15-17-18-16-14)8-10-6-7-19(9-10)22-11-4-2-1-3-5-11/h1-7,9H,8H2,(H,15,16,17,18). The first-order valence-electron chi connectivity index (χ1n) is 6.43. The molecule has 2 aromatic heterocycles. The van der Waals surface area contributed by atoms with Gasteiger partial charge in [0.2, 0.25) is 11.6 Å². The lowest BCUT2D eigenvalue weighted by Crippen LogP contribution is -2.18. The number of tetrazole rings is 1. The van der Waals surface area contributed by atoms with Gasteiger partial charge in [-0.25, -0.2) is 0 Å². The quantitative estimate of drug-likeness (QED) is 0.548. The van der Waals surface area contributed by atoms with Crippen molar-refractivity contribution < 1.29 is 9.59 Å². The number of hydrogen-bond donors (Lipinski definition) is 1. The highest BCUT2D eigenvalue weighted by Crippen LogP contribution is 2.20. The van der Waals surface area contributed by atoms with Crippen LogP contribution in [0.5, 0.6) is 0 Å². The molecular formula is C14H11N5O2S. The van der Waals surface area contributed by atoms with Crippen LogP contribution in [0.4, 0.5) is 0 Å². The molecule has 0 atom stereocenters. The summed E-state index contributed by atoms with van der Waals surface area (Å²) in [5, 5.41) is 12.4. The summed E-state index contributed by atoms with van der Waals surface area (Å²) >= 11 is 1.52. The summed E-state index contributed by atoms with van der Waals surface area (Å²) in [7, 11) is 0. The first-order chi connectivity index (χ1) is 10.7.